The number of methoxy groups -OCH3 is 1. The molecule has 1 amide bonds. The Hall–Kier alpha value is -1.17. The van der Waals surface area contributed by atoms with Crippen LogP contribution in [0.15, 0.2) is 0 Å². The average molecular weight is 271 g/mol. The van der Waals surface area contributed by atoms with Crippen LogP contribution >= 0.6 is 11.8 Å². The molecule has 1 unspecified atom stereocenters. The minimum absolute atomic E-state index is 0.120. The van der Waals surface area contributed by atoms with E-state index in [1.54, 1.807) is 30.6 Å². The summed E-state index contributed by atoms with van der Waals surface area (Å²) in [5.41, 5.74) is 1.21. The molecule has 18 heavy (non-hydrogen) atoms. The average Bonchev–Trinajstić information content (AvgIpc) is 2.62. The number of ether oxygens (including phenoxy) is 1. The minimum atomic E-state index is -0.120. The highest BCUT2D eigenvalue weighted by Gasteiger charge is 2.20. The molecule has 102 valence electrons. The van der Waals surface area contributed by atoms with E-state index in [9.17, 15) is 4.79 Å². The van der Waals surface area contributed by atoms with Crippen LogP contribution in [0.4, 0.5) is 0 Å². The fourth-order valence-electron chi connectivity index (χ4n) is 1.73. The minimum Gasteiger partial charge on any atom is -0.481 e. The Bertz CT molecular complexity index is 418. The number of aromatic nitrogens is 2. The van der Waals surface area contributed by atoms with Crippen LogP contribution in [0.1, 0.15) is 29.4 Å². The fraction of sp³-hybridized carbons (Fsp3) is 0.667. The Morgan fingerprint density at radius 2 is 2.28 bits per heavy atom. The first-order chi connectivity index (χ1) is 8.51. The van der Waals surface area contributed by atoms with Crippen LogP contribution in [-0.4, -0.2) is 40.8 Å². The first kappa shape index (κ1) is 14.9. The number of rotatable bonds is 6. The Morgan fingerprint density at radius 1 is 1.61 bits per heavy atom. The molecule has 0 saturated carbocycles. The van der Waals surface area contributed by atoms with Crippen LogP contribution in [0.2, 0.25) is 0 Å². The van der Waals surface area contributed by atoms with Crippen LogP contribution in [0.5, 0.6) is 5.88 Å². The Morgan fingerprint density at radius 3 is 2.83 bits per heavy atom. The van der Waals surface area contributed by atoms with Gasteiger partial charge in [0.1, 0.15) is 5.56 Å². The standard InChI is InChI=1S/C12H21N3O2S/c1-8(18-5)6-7-13-11(16)10-9(2)14-15(3)12(10)17-4/h8H,6-7H2,1-5H3,(H,13,16). The van der Waals surface area contributed by atoms with Gasteiger partial charge in [-0.1, -0.05) is 6.92 Å². The van der Waals surface area contributed by atoms with Crippen molar-refractivity contribution in [3.8, 4) is 5.88 Å². The van der Waals surface area contributed by atoms with Gasteiger partial charge in [0.15, 0.2) is 0 Å². The molecule has 1 rings (SSSR count). The van der Waals surface area contributed by atoms with E-state index < -0.39 is 0 Å². The predicted octanol–water partition coefficient (Wildman–Crippen LogP) is 1.61. The smallest absolute Gasteiger partial charge is 0.258 e. The summed E-state index contributed by atoms with van der Waals surface area (Å²) >= 11 is 1.79. The van der Waals surface area contributed by atoms with Gasteiger partial charge < -0.3 is 10.1 Å². The molecule has 6 heteroatoms. The van der Waals surface area contributed by atoms with E-state index in [0.717, 1.165) is 6.42 Å². The van der Waals surface area contributed by atoms with Crippen molar-refractivity contribution in [1.82, 2.24) is 15.1 Å². The van der Waals surface area contributed by atoms with Gasteiger partial charge in [-0.05, 0) is 19.6 Å². The molecule has 1 N–H and O–H groups in total. The summed E-state index contributed by atoms with van der Waals surface area (Å²) in [4.78, 5) is 12.1. The van der Waals surface area contributed by atoms with E-state index in [0.29, 0.717) is 28.9 Å². The Balaban J connectivity index is 2.67. The number of aryl methyl sites for hydroxylation is 2. The largest absolute Gasteiger partial charge is 0.481 e. The SMILES string of the molecule is COc1c(C(=O)NCCC(C)SC)c(C)nn1C. The molecule has 0 aliphatic carbocycles. The zero-order valence-corrected chi connectivity index (χ0v) is 12.4. The lowest BCUT2D eigenvalue weighted by molar-refractivity contribution is 0.0949. The molecule has 0 radical (unpaired) electrons. The van der Waals surface area contributed by atoms with Gasteiger partial charge in [-0.15, -0.1) is 0 Å². The van der Waals surface area contributed by atoms with Crippen LogP contribution in [-0.2, 0) is 7.05 Å². The molecule has 1 atom stereocenters. The molecule has 0 aromatic carbocycles. The Kier molecular flexibility index (Phi) is 5.53. The first-order valence-corrected chi connectivity index (χ1v) is 7.18. The molecule has 0 fully saturated rings. The quantitative estimate of drug-likeness (QED) is 0.854. The molecular formula is C12H21N3O2S. The molecule has 0 aliphatic rings. The van der Waals surface area contributed by atoms with Gasteiger partial charge in [0.2, 0.25) is 5.88 Å². The van der Waals surface area contributed by atoms with Crippen LogP contribution in [0, 0.1) is 6.92 Å². The van der Waals surface area contributed by atoms with Gasteiger partial charge in [-0.3, -0.25) is 4.79 Å². The lowest BCUT2D eigenvalue weighted by Crippen LogP contribution is -2.26. The summed E-state index contributed by atoms with van der Waals surface area (Å²) in [5, 5.41) is 7.64. The first-order valence-electron chi connectivity index (χ1n) is 5.89. The summed E-state index contributed by atoms with van der Waals surface area (Å²) in [6.07, 6.45) is 3.02. The summed E-state index contributed by atoms with van der Waals surface area (Å²) in [6, 6.07) is 0. The maximum absolute atomic E-state index is 12.1. The number of hydrogen-bond donors (Lipinski definition) is 1. The number of nitrogens with one attached hydrogen (secondary N) is 1. The third-order valence-corrected chi connectivity index (χ3v) is 3.87. The number of thioether (sulfide) groups is 1. The molecular weight excluding hydrogens is 250 g/mol. The van der Waals surface area contributed by atoms with Crippen molar-refractivity contribution in [3.63, 3.8) is 0 Å². The lowest BCUT2D eigenvalue weighted by Gasteiger charge is -2.09. The van der Waals surface area contributed by atoms with E-state index in [1.807, 2.05) is 6.92 Å². The van der Waals surface area contributed by atoms with Crippen LogP contribution in [0.3, 0.4) is 0 Å². The molecule has 5 nitrogen and oxygen atoms in total. The molecule has 1 heterocycles. The second-order valence-electron chi connectivity index (χ2n) is 4.18. The zero-order valence-electron chi connectivity index (χ0n) is 11.6. The predicted molar refractivity (Wildman–Crippen MR) is 74.4 cm³/mol. The van der Waals surface area contributed by atoms with Crippen molar-refractivity contribution >= 4 is 17.7 Å². The van der Waals surface area contributed by atoms with E-state index in [-0.39, 0.29) is 5.91 Å². The summed E-state index contributed by atoms with van der Waals surface area (Å²) in [6.45, 7) is 4.62. The second kappa shape index (κ2) is 6.68. The van der Waals surface area contributed by atoms with Crippen LogP contribution < -0.4 is 10.1 Å². The monoisotopic (exact) mass is 271 g/mol. The molecule has 0 bridgehead atoms. The van der Waals surface area contributed by atoms with Gasteiger partial charge in [0.25, 0.3) is 5.91 Å². The number of nitrogens with zero attached hydrogens (tertiary/aromatic N) is 2. The number of carbonyl (C=O) groups excluding carboxylic acids is 1. The van der Waals surface area contributed by atoms with E-state index in [2.05, 4.69) is 23.6 Å². The molecule has 0 spiro atoms. The summed E-state index contributed by atoms with van der Waals surface area (Å²) in [5.74, 6) is 0.383. The normalized spacial score (nSPS) is 12.3. The van der Waals surface area contributed by atoms with Gasteiger partial charge in [0, 0.05) is 18.8 Å². The lowest BCUT2D eigenvalue weighted by atomic mass is 10.2. The zero-order chi connectivity index (χ0) is 13.7. The molecule has 1 aromatic heterocycles. The maximum atomic E-state index is 12.1. The summed E-state index contributed by atoms with van der Waals surface area (Å²) < 4.78 is 6.78. The highest BCUT2D eigenvalue weighted by molar-refractivity contribution is 7.99. The van der Waals surface area contributed by atoms with Crippen LogP contribution in [0.25, 0.3) is 0 Å². The van der Waals surface area contributed by atoms with Gasteiger partial charge in [-0.25, -0.2) is 4.68 Å². The van der Waals surface area contributed by atoms with E-state index >= 15 is 0 Å². The van der Waals surface area contributed by atoms with E-state index in [4.69, 9.17) is 4.74 Å². The van der Waals surface area contributed by atoms with Gasteiger partial charge in [-0.2, -0.15) is 16.9 Å². The van der Waals surface area contributed by atoms with Crippen molar-refractivity contribution < 1.29 is 9.53 Å². The maximum Gasteiger partial charge on any atom is 0.258 e. The summed E-state index contributed by atoms with van der Waals surface area (Å²) in [7, 11) is 3.31. The molecule has 0 saturated heterocycles. The second-order valence-corrected chi connectivity index (χ2v) is 5.46. The highest BCUT2D eigenvalue weighted by atomic mass is 32.2. The van der Waals surface area contributed by atoms with Crippen molar-refractivity contribution in [2.45, 2.75) is 25.5 Å². The van der Waals surface area contributed by atoms with Crippen molar-refractivity contribution in [1.29, 1.82) is 0 Å². The number of amides is 1. The topological polar surface area (TPSA) is 56.1 Å². The van der Waals surface area contributed by atoms with Crippen molar-refractivity contribution in [2.75, 3.05) is 19.9 Å². The highest BCUT2D eigenvalue weighted by Crippen LogP contribution is 2.20. The third-order valence-electron chi connectivity index (χ3n) is 2.83. The van der Waals surface area contributed by atoms with Gasteiger partial charge >= 0.3 is 0 Å². The van der Waals surface area contributed by atoms with Gasteiger partial charge in [0.05, 0.1) is 12.8 Å². The Labute approximate surface area is 112 Å². The molecule has 0 aliphatic heterocycles. The fourth-order valence-corrected chi connectivity index (χ4v) is 2.08. The van der Waals surface area contributed by atoms with Crippen molar-refractivity contribution in [3.05, 3.63) is 11.3 Å². The number of hydrogen-bond acceptors (Lipinski definition) is 4. The number of carbonyl (C=O) groups is 1. The molecule has 1 aromatic rings. The third kappa shape index (κ3) is 3.41. The van der Waals surface area contributed by atoms with E-state index in [1.165, 1.54) is 0 Å². The van der Waals surface area contributed by atoms with Crippen molar-refractivity contribution in [2.24, 2.45) is 7.05 Å².